The number of carbonyl (C=O) groups is 1. The van der Waals surface area contributed by atoms with E-state index in [0.717, 1.165) is 30.4 Å². The molecule has 2 rings (SSSR count). The van der Waals surface area contributed by atoms with Gasteiger partial charge in [0.05, 0.1) is 0 Å². The largest absolute Gasteiger partial charge is 0.348 e. The molecule has 1 aromatic rings. The monoisotopic (exact) mass is 244 g/mol. The Morgan fingerprint density at radius 3 is 2.73 bits per heavy atom. The Labute approximate surface area is 98.1 Å². The number of carbonyl (C=O) groups excluding carboxylic acids is 1. The molecule has 82 valence electrons. The number of hydrogen-bond donors (Lipinski definition) is 0. The van der Waals surface area contributed by atoms with Gasteiger partial charge in [-0.1, -0.05) is 29.9 Å². The van der Waals surface area contributed by atoms with Gasteiger partial charge in [0.2, 0.25) is 0 Å². The minimum Gasteiger partial charge on any atom is -0.348 e. The fraction of sp³-hybridized carbons (Fsp3) is 0.600. The molecule has 3 nitrogen and oxygen atoms in total. The maximum Gasteiger partial charge on any atom is 0.187 e. The van der Waals surface area contributed by atoms with Crippen LogP contribution in [0.2, 0.25) is 5.15 Å². The van der Waals surface area contributed by atoms with Gasteiger partial charge in [-0.25, -0.2) is 4.98 Å². The number of nitrogens with zero attached hydrogens (tertiary/aromatic N) is 2. The number of thiazole rings is 1. The van der Waals surface area contributed by atoms with Crippen LogP contribution in [-0.2, 0) is 0 Å². The molecule has 1 fully saturated rings. The highest BCUT2D eigenvalue weighted by molar-refractivity contribution is 7.17. The summed E-state index contributed by atoms with van der Waals surface area (Å²) in [7, 11) is 0. The Kier molecular flexibility index (Phi) is 3.26. The van der Waals surface area contributed by atoms with E-state index < -0.39 is 0 Å². The summed E-state index contributed by atoms with van der Waals surface area (Å²) in [5.74, 6) is 0.794. The van der Waals surface area contributed by atoms with E-state index in [2.05, 4.69) is 16.8 Å². The first-order valence-electron chi connectivity index (χ1n) is 5.07. The first-order chi connectivity index (χ1) is 7.20. The van der Waals surface area contributed by atoms with Crippen LogP contribution in [0.25, 0.3) is 0 Å². The number of piperidine rings is 1. The zero-order chi connectivity index (χ0) is 10.8. The molecule has 15 heavy (non-hydrogen) atoms. The molecule has 0 bridgehead atoms. The van der Waals surface area contributed by atoms with E-state index in [1.165, 1.54) is 24.2 Å². The van der Waals surface area contributed by atoms with Crippen LogP contribution < -0.4 is 4.90 Å². The van der Waals surface area contributed by atoms with Crippen LogP contribution in [0.1, 0.15) is 29.4 Å². The molecule has 0 amide bonds. The van der Waals surface area contributed by atoms with Crippen molar-refractivity contribution >= 4 is 34.4 Å². The average molecular weight is 245 g/mol. The molecule has 1 aliphatic rings. The summed E-state index contributed by atoms with van der Waals surface area (Å²) in [6, 6.07) is 0. The molecule has 1 aromatic heterocycles. The predicted molar refractivity (Wildman–Crippen MR) is 63.1 cm³/mol. The van der Waals surface area contributed by atoms with Gasteiger partial charge in [0, 0.05) is 13.1 Å². The van der Waals surface area contributed by atoms with Gasteiger partial charge < -0.3 is 4.90 Å². The van der Waals surface area contributed by atoms with Gasteiger partial charge in [-0.05, 0) is 18.8 Å². The molecule has 0 saturated carbocycles. The second-order valence-corrected chi connectivity index (χ2v) is 5.31. The van der Waals surface area contributed by atoms with Crippen LogP contribution in [0.4, 0.5) is 5.13 Å². The third-order valence-electron chi connectivity index (χ3n) is 2.76. The second-order valence-electron chi connectivity index (χ2n) is 3.94. The summed E-state index contributed by atoms with van der Waals surface area (Å²) in [4.78, 5) is 17.6. The van der Waals surface area contributed by atoms with Crippen molar-refractivity contribution in [2.75, 3.05) is 18.0 Å². The fourth-order valence-corrected chi connectivity index (χ4v) is 2.82. The van der Waals surface area contributed by atoms with Crippen LogP contribution in [0.3, 0.4) is 0 Å². The van der Waals surface area contributed by atoms with Crippen molar-refractivity contribution in [2.24, 2.45) is 5.92 Å². The lowest BCUT2D eigenvalue weighted by atomic mass is 10.00. The van der Waals surface area contributed by atoms with Crippen molar-refractivity contribution < 1.29 is 4.79 Å². The Hall–Kier alpha value is -0.610. The third kappa shape index (κ3) is 2.32. The Morgan fingerprint density at radius 1 is 1.53 bits per heavy atom. The molecule has 0 radical (unpaired) electrons. The van der Waals surface area contributed by atoms with Crippen molar-refractivity contribution in [3.8, 4) is 0 Å². The number of aldehydes is 1. The maximum atomic E-state index is 10.6. The summed E-state index contributed by atoms with van der Waals surface area (Å²) in [6.45, 7) is 4.30. The average Bonchev–Trinajstić information content (AvgIpc) is 2.61. The van der Waals surface area contributed by atoms with Crippen LogP contribution in [0.5, 0.6) is 0 Å². The number of aromatic nitrogens is 1. The van der Waals surface area contributed by atoms with E-state index >= 15 is 0 Å². The molecule has 0 aromatic carbocycles. The lowest BCUT2D eigenvalue weighted by molar-refractivity contribution is 0.112. The third-order valence-corrected chi connectivity index (χ3v) is 4.20. The van der Waals surface area contributed by atoms with Gasteiger partial charge in [0.1, 0.15) is 4.88 Å². The van der Waals surface area contributed by atoms with E-state index in [-0.39, 0.29) is 0 Å². The fourth-order valence-electron chi connectivity index (χ4n) is 1.71. The highest BCUT2D eigenvalue weighted by atomic mass is 35.5. The topological polar surface area (TPSA) is 33.2 Å². The number of rotatable bonds is 2. The maximum absolute atomic E-state index is 10.6. The Morgan fingerprint density at radius 2 is 2.20 bits per heavy atom. The van der Waals surface area contributed by atoms with Crippen molar-refractivity contribution in [2.45, 2.75) is 19.8 Å². The highest BCUT2D eigenvalue weighted by Gasteiger charge is 2.19. The summed E-state index contributed by atoms with van der Waals surface area (Å²) in [5.41, 5.74) is 0. The zero-order valence-electron chi connectivity index (χ0n) is 8.57. The standard InChI is InChI=1S/C10H13ClN2OS/c1-7-2-4-13(5-3-7)10-12-9(11)8(6-14)15-10/h6-7H,2-5H2,1H3. The Balaban J connectivity index is 2.12. The molecule has 0 unspecified atom stereocenters. The van der Waals surface area contributed by atoms with Crippen LogP contribution in [0, 0.1) is 5.92 Å². The molecular formula is C10H13ClN2OS. The highest BCUT2D eigenvalue weighted by Crippen LogP contribution is 2.30. The van der Waals surface area contributed by atoms with Gasteiger partial charge in [0.25, 0.3) is 0 Å². The molecular weight excluding hydrogens is 232 g/mol. The van der Waals surface area contributed by atoms with Crippen LogP contribution >= 0.6 is 22.9 Å². The predicted octanol–water partition coefficient (Wildman–Crippen LogP) is 2.85. The zero-order valence-corrected chi connectivity index (χ0v) is 10.1. The molecule has 2 heterocycles. The normalized spacial score (nSPS) is 18.1. The number of hydrogen-bond acceptors (Lipinski definition) is 4. The van der Waals surface area contributed by atoms with E-state index in [1.54, 1.807) is 0 Å². The first-order valence-corrected chi connectivity index (χ1v) is 6.26. The van der Waals surface area contributed by atoms with Crippen LogP contribution in [-0.4, -0.2) is 24.4 Å². The van der Waals surface area contributed by atoms with Crippen molar-refractivity contribution in [1.29, 1.82) is 0 Å². The van der Waals surface area contributed by atoms with Crippen molar-refractivity contribution in [3.63, 3.8) is 0 Å². The second kappa shape index (κ2) is 4.49. The molecule has 0 aliphatic carbocycles. The van der Waals surface area contributed by atoms with Gasteiger partial charge in [0.15, 0.2) is 16.6 Å². The first kappa shape index (κ1) is 10.9. The van der Waals surface area contributed by atoms with Gasteiger partial charge >= 0.3 is 0 Å². The van der Waals surface area contributed by atoms with Gasteiger partial charge in [-0.2, -0.15) is 0 Å². The van der Waals surface area contributed by atoms with Gasteiger partial charge in [-0.3, -0.25) is 4.79 Å². The number of anilines is 1. The summed E-state index contributed by atoms with van der Waals surface area (Å²) in [6.07, 6.45) is 3.15. The minimum atomic E-state index is 0.337. The van der Waals surface area contributed by atoms with E-state index in [1.807, 2.05) is 0 Å². The molecule has 1 aliphatic heterocycles. The van der Waals surface area contributed by atoms with Gasteiger partial charge in [-0.15, -0.1) is 0 Å². The lowest BCUT2D eigenvalue weighted by Crippen LogP contribution is -2.32. The van der Waals surface area contributed by atoms with Crippen molar-refractivity contribution in [1.82, 2.24) is 4.98 Å². The smallest absolute Gasteiger partial charge is 0.187 e. The SMILES string of the molecule is CC1CCN(c2nc(Cl)c(C=O)s2)CC1. The molecule has 0 spiro atoms. The molecule has 5 heteroatoms. The molecule has 1 saturated heterocycles. The van der Waals surface area contributed by atoms with E-state index in [9.17, 15) is 4.79 Å². The number of halogens is 1. The van der Waals surface area contributed by atoms with E-state index in [0.29, 0.717) is 10.0 Å². The lowest BCUT2D eigenvalue weighted by Gasteiger charge is -2.29. The molecule has 0 N–H and O–H groups in total. The quantitative estimate of drug-likeness (QED) is 0.750. The summed E-state index contributed by atoms with van der Waals surface area (Å²) >= 11 is 7.22. The van der Waals surface area contributed by atoms with E-state index in [4.69, 9.17) is 11.6 Å². The molecule has 0 atom stereocenters. The Bertz CT molecular complexity index is 358. The van der Waals surface area contributed by atoms with Crippen LogP contribution in [0.15, 0.2) is 0 Å². The summed E-state index contributed by atoms with van der Waals surface area (Å²) in [5, 5.41) is 1.22. The van der Waals surface area contributed by atoms with Crippen molar-refractivity contribution in [3.05, 3.63) is 10.0 Å². The summed E-state index contributed by atoms with van der Waals surface area (Å²) < 4.78 is 0. The minimum absolute atomic E-state index is 0.337.